The molecule has 1 aromatic heterocycles. The first kappa shape index (κ1) is 14.3. The summed E-state index contributed by atoms with van der Waals surface area (Å²) in [6, 6.07) is 2.22. The van der Waals surface area contributed by atoms with Crippen molar-refractivity contribution in [1.29, 1.82) is 0 Å². The lowest BCUT2D eigenvalue weighted by Gasteiger charge is -2.43. The van der Waals surface area contributed by atoms with Crippen LogP contribution in [-0.4, -0.2) is 57.6 Å². The van der Waals surface area contributed by atoms with Crippen LogP contribution >= 0.6 is 11.6 Å². The largest absolute Gasteiger partial charge is 0.465 e. The van der Waals surface area contributed by atoms with Crippen molar-refractivity contribution >= 4 is 23.5 Å². The molecule has 4 atom stereocenters. The Labute approximate surface area is 126 Å². The van der Waals surface area contributed by atoms with Gasteiger partial charge in [0.15, 0.2) is 11.0 Å². The van der Waals surface area contributed by atoms with Crippen molar-refractivity contribution in [2.24, 2.45) is 0 Å². The Bertz CT molecular complexity index is 543. The minimum Gasteiger partial charge on any atom is -0.465 e. The van der Waals surface area contributed by atoms with E-state index in [2.05, 4.69) is 10.2 Å². The summed E-state index contributed by atoms with van der Waals surface area (Å²) < 4.78 is 14.7. The van der Waals surface area contributed by atoms with Gasteiger partial charge in [0, 0.05) is 13.1 Å². The van der Waals surface area contributed by atoms with E-state index in [1.807, 2.05) is 0 Å². The fourth-order valence-electron chi connectivity index (χ4n) is 3.46. The summed E-state index contributed by atoms with van der Waals surface area (Å²) in [5, 5.41) is 17.2. The second-order valence-electron chi connectivity index (χ2n) is 5.56. The Morgan fingerprint density at radius 1 is 1.48 bits per heavy atom. The number of fused-ring (bicyclic) bond motifs is 2. The summed E-state index contributed by atoms with van der Waals surface area (Å²) in [5.74, 6) is 0.537. The van der Waals surface area contributed by atoms with Crippen molar-refractivity contribution in [2.45, 2.75) is 43.6 Å². The van der Waals surface area contributed by atoms with E-state index in [0.29, 0.717) is 25.1 Å². The van der Waals surface area contributed by atoms with E-state index in [-0.39, 0.29) is 11.2 Å². The molecule has 2 fully saturated rings. The number of anilines is 1. The SMILES string of the molecule is CN(c1ccc(Cl)nn1)[C@@H]1C[C@H]2CC[C@@H]([C@@H]1F)N2C(=O)O. The van der Waals surface area contributed by atoms with Crippen LogP contribution in [0.25, 0.3) is 0 Å². The van der Waals surface area contributed by atoms with E-state index in [4.69, 9.17) is 11.6 Å². The molecule has 2 aliphatic heterocycles. The zero-order valence-electron chi connectivity index (χ0n) is 11.5. The molecule has 2 saturated heterocycles. The third kappa shape index (κ3) is 2.39. The fourth-order valence-corrected chi connectivity index (χ4v) is 3.56. The lowest BCUT2D eigenvalue weighted by molar-refractivity contribution is 0.0490. The highest BCUT2D eigenvalue weighted by molar-refractivity contribution is 6.29. The van der Waals surface area contributed by atoms with E-state index in [9.17, 15) is 14.3 Å². The predicted octanol–water partition coefficient (Wildman–Crippen LogP) is 2.19. The summed E-state index contributed by atoms with van der Waals surface area (Å²) in [6.07, 6.45) is -0.507. The Balaban J connectivity index is 1.81. The van der Waals surface area contributed by atoms with E-state index < -0.39 is 24.3 Å². The van der Waals surface area contributed by atoms with E-state index >= 15 is 0 Å². The standard InChI is InChI=1S/C13H16ClFN4O2/c1-18(11-5-4-10(14)16-17-11)9-6-7-2-3-8(12(9)15)19(7)13(20)21/h4-5,7-9,12H,2-3,6H2,1H3,(H,20,21)/t7-,8+,9-,12+/m1/s1. The molecule has 114 valence electrons. The van der Waals surface area contributed by atoms with Crippen LogP contribution < -0.4 is 4.90 Å². The highest BCUT2D eigenvalue weighted by Crippen LogP contribution is 2.39. The topological polar surface area (TPSA) is 69.6 Å². The summed E-state index contributed by atoms with van der Waals surface area (Å²) in [5.41, 5.74) is 0. The van der Waals surface area contributed by atoms with Gasteiger partial charge in [-0.05, 0) is 31.4 Å². The molecule has 3 rings (SSSR count). The molecule has 3 heterocycles. The van der Waals surface area contributed by atoms with Crippen LogP contribution in [-0.2, 0) is 0 Å². The number of halogens is 2. The zero-order valence-corrected chi connectivity index (χ0v) is 12.2. The van der Waals surface area contributed by atoms with Gasteiger partial charge in [0.25, 0.3) is 0 Å². The molecular formula is C13H16ClFN4O2. The molecule has 0 saturated carbocycles. The number of hydrogen-bond acceptors (Lipinski definition) is 4. The van der Waals surface area contributed by atoms with Gasteiger partial charge in [0.2, 0.25) is 0 Å². The van der Waals surface area contributed by atoms with Crippen LogP contribution in [0.2, 0.25) is 5.15 Å². The highest BCUT2D eigenvalue weighted by Gasteiger charge is 2.51. The van der Waals surface area contributed by atoms with Crippen LogP contribution in [0.3, 0.4) is 0 Å². The predicted molar refractivity (Wildman–Crippen MR) is 75.4 cm³/mol. The van der Waals surface area contributed by atoms with E-state index in [1.165, 1.54) is 4.90 Å². The van der Waals surface area contributed by atoms with Gasteiger partial charge in [-0.2, -0.15) is 0 Å². The number of piperidine rings is 1. The third-order valence-corrected chi connectivity index (χ3v) is 4.69. The molecule has 0 radical (unpaired) electrons. The molecule has 0 aliphatic carbocycles. The summed E-state index contributed by atoms with van der Waals surface area (Å²) >= 11 is 5.70. The van der Waals surface area contributed by atoms with Crippen LogP contribution in [0.4, 0.5) is 15.0 Å². The molecule has 2 bridgehead atoms. The first-order valence-corrected chi connectivity index (χ1v) is 7.24. The zero-order chi connectivity index (χ0) is 15.1. The summed E-state index contributed by atoms with van der Waals surface area (Å²) in [7, 11) is 1.75. The van der Waals surface area contributed by atoms with Gasteiger partial charge < -0.3 is 10.0 Å². The maximum Gasteiger partial charge on any atom is 0.407 e. The second-order valence-corrected chi connectivity index (χ2v) is 5.95. The van der Waals surface area contributed by atoms with Crippen LogP contribution in [0, 0.1) is 0 Å². The number of carboxylic acid groups (broad SMARTS) is 1. The molecule has 0 unspecified atom stereocenters. The average Bonchev–Trinajstić information content (AvgIpc) is 2.81. The molecule has 8 heteroatoms. The lowest BCUT2D eigenvalue weighted by atomic mass is 9.94. The number of nitrogens with zero attached hydrogens (tertiary/aromatic N) is 4. The van der Waals surface area contributed by atoms with E-state index in [0.717, 1.165) is 0 Å². The maximum absolute atomic E-state index is 14.7. The number of rotatable bonds is 2. The molecule has 1 aromatic rings. The van der Waals surface area contributed by atoms with Gasteiger partial charge in [-0.1, -0.05) is 11.6 Å². The number of alkyl halides is 1. The monoisotopic (exact) mass is 314 g/mol. The Hall–Kier alpha value is -1.63. The van der Waals surface area contributed by atoms with Crippen molar-refractivity contribution in [2.75, 3.05) is 11.9 Å². The van der Waals surface area contributed by atoms with Crippen molar-refractivity contribution in [3.8, 4) is 0 Å². The van der Waals surface area contributed by atoms with Gasteiger partial charge in [-0.15, -0.1) is 10.2 Å². The fraction of sp³-hybridized carbons (Fsp3) is 0.615. The van der Waals surface area contributed by atoms with Crippen LogP contribution in [0.1, 0.15) is 19.3 Å². The molecule has 6 nitrogen and oxygen atoms in total. The quantitative estimate of drug-likeness (QED) is 0.906. The molecular weight excluding hydrogens is 299 g/mol. The van der Waals surface area contributed by atoms with Crippen LogP contribution in [0.15, 0.2) is 12.1 Å². The number of hydrogen-bond donors (Lipinski definition) is 1. The molecule has 21 heavy (non-hydrogen) atoms. The minimum absolute atomic E-state index is 0.118. The van der Waals surface area contributed by atoms with Gasteiger partial charge in [-0.3, -0.25) is 4.90 Å². The van der Waals surface area contributed by atoms with Crippen molar-refractivity contribution in [3.63, 3.8) is 0 Å². The summed E-state index contributed by atoms with van der Waals surface area (Å²) in [4.78, 5) is 14.3. The minimum atomic E-state index is -1.23. The maximum atomic E-state index is 14.7. The van der Waals surface area contributed by atoms with Gasteiger partial charge >= 0.3 is 6.09 Å². The van der Waals surface area contributed by atoms with Crippen molar-refractivity contribution < 1.29 is 14.3 Å². The average molecular weight is 315 g/mol. The Morgan fingerprint density at radius 2 is 2.24 bits per heavy atom. The highest BCUT2D eigenvalue weighted by atomic mass is 35.5. The molecule has 2 aliphatic rings. The van der Waals surface area contributed by atoms with Crippen molar-refractivity contribution in [1.82, 2.24) is 15.1 Å². The number of carbonyl (C=O) groups is 1. The molecule has 1 amide bonds. The van der Waals surface area contributed by atoms with Gasteiger partial charge in [0.05, 0.1) is 12.1 Å². The summed E-state index contributed by atoms with van der Waals surface area (Å²) in [6.45, 7) is 0. The van der Waals surface area contributed by atoms with Crippen molar-refractivity contribution in [3.05, 3.63) is 17.3 Å². The Kier molecular flexibility index (Phi) is 3.61. The Morgan fingerprint density at radius 3 is 2.86 bits per heavy atom. The molecule has 0 spiro atoms. The smallest absolute Gasteiger partial charge is 0.407 e. The molecule has 0 aromatic carbocycles. The van der Waals surface area contributed by atoms with Gasteiger partial charge in [0.1, 0.15) is 6.17 Å². The number of amides is 1. The first-order valence-electron chi connectivity index (χ1n) is 6.86. The van der Waals surface area contributed by atoms with E-state index in [1.54, 1.807) is 24.1 Å². The lowest BCUT2D eigenvalue weighted by Crippen LogP contribution is -2.58. The van der Waals surface area contributed by atoms with Gasteiger partial charge in [-0.25, -0.2) is 9.18 Å². The normalized spacial score (nSPS) is 31.3. The molecule has 1 N–H and O–H groups in total. The number of aromatic nitrogens is 2. The van der Waals surface area contributed by atoms with Crippen LogP contribution in [0.5, 0.6) is 0 Å². The third-order valence-electron chi connectivity index (χ3n) is 4.49. The first-order chi connectivity index (χ1) is 9.99. The second kappa shape index (κ2) is 5.29.